The third-order valence-electron chi connectivity index (χ3n) is 4.96. The topological polar surface area (TPSA) is 91.4 Å². The van der Waals surface area contributed by atoms with Gasteiger partial charge in [-0.05, 0) is 19.3 Å². The molecule has 24 heavy (non-hydrogen) atoms. The molecule has 0 unspecified atom stereocenters. The van der Waals surface area contributed by atoms with Crippen LogP contribution in [0.3, 0.4) is 0 Å². The van der Waals surface area contributed by atoms with E-state index in [4.69, 9.17) is 15.2 Å². The summed E-state index contributed by atoms with van der Waals surface area (Å²) < 4.78 is 12.7. The Morgan fingerprint density at radius 1 is 1.54 bits per heavy atom. The molecule has 0 radical (unpaired) electrons. The van der Waals surface area contributed by atoms with Crippen molar-refractivity contribution in [3.8, 4) is 0 Å². The van der Waals surface area contributed by atoms with Gasteiger partial charge in [0.15, 0.2) is 0 Å². The lowest BCUT2D eigenvalue weighted by Gasteiger charge is -2.28. The van der Waals surface area contributed by atoms with E-state index in [0.29, 0.717) is 26.3 Å². The lowest BCUT2D eigenvalue weighted by Crippen LogP contribution is -2.50. The van der Waals surface area contributed by atoms with Crippen LogP contribution in [0, 0.1) is 5.92 Å². The molecule has 0 saturated carbocycles. The predicted octanol–water partition coefficient (Wildman–Crippen LogP) is 1.24. The Labute approximate surface area is 143 Å². The summed E-state index contributed by atoms with van der Waals surface area (Å²) in [6, 6.07) is 0. The van der Waals surface area contributed by atoms with Gasteiger partial charge in [-0.2, -0.15) is 5.10 Å². The van der Waals surface area contributed by atoms with Crippen molar-refractivity contribution in [1.82, 2.24) is 15.1 Å². The number of ether oxygens (including phenoxy) is 2. The van der Waals surface area contributed by atoms with Crippen LogP contribution in [-0.2, 0) is 20.8 Å². The summed E-state index contributed by atoms with van der Waals surface area (Å²) >= 11 is 0. The Morgan fingerprint density at radius 3 is 2.96 bits per heavy atom. The highest BCUT2D eigenvalue weighted by Gasteiger charge is 2.36. The molecular formula is C17H30N4O3. The Morgan fingerprint density at radius 2 is 2.29 bits per heavy atom. The summed E-state index contributed by atoms with van der Waals surface area (Å²) in [7, 11) is 1.66. The second-order valence-corrected chi connectivity index (χ2v) is 6.50. The summed E-state index contributed by atoms with van der Waals surface area (Å²) in [5, 5.41) is 7.33. The normalized spacial score (nSPS) is 21.2. The van der Waals surface area contributed by atoms with Crippen LogP contribution in [-0.4, -0.2) is 48.1 Å². The van der Waals surface area contributed by atoms with E-state index < -0.39 is 0 Å². The fraction of sp³-hybridized carbons (Fsp3) is 0.765. The molecule has 7 heteroatoms. The quantitative estimate of drug-likeness (QED) is 0.707. The second kappa shape index (κ2) is 8.60. The van der Waals surface area contributed by atoms with Crippen LogP contribution in [0.2, 0.25) is 0 Å². The van der Waals surface area contributed by atoms with Gasteiger partial charge < -0.3 is 20.5 Å². The Bertz CT molecular complexity index is 528. The van der Waals surface area contributed by atoms with Crippen LogP contribution in [0.4, 0.5) is 0 Å². The van der Waals surface area contributed by atoms with Gasteiger partial charge in [-0.25, -0.2) is 0 Å². The first-order valence-corrected chi connectivity index (χ1v) is 8.72. The van der Waals surface area contributed by atoms with Gasteiger partial charge in [0.05, 0.1) is 31.4 Å². The number of nitrogens with zero attached hydrogens (tertiary/aromatic N) is 2. The van der Waals surface area contributed by atoms with E-state index in [1.165, 1.54) is 0 Å². The summed E-state index contributed by atoms with van der Waals surface area (Å²) in [6.07, 6.45) is 5.85. The Balaban J connectivity index is 1.96. The van der Waals surface area contributed by atoms with E-state index >= 15 is 0 Å². The lowest BCUT2D eigenvalue weighted by atomic mass is 9.92. The maximum atomic E-state index is 12.6. The van der Waals surface area contributed by atoms with Crippen molar-refractivity contribution in [2.45, 2.75) is 51.3 Å². The van der Waals surface area contributed by atoms with Crippen molar-refractivity contribution >= 4 is 5.91 Å². The fourth-order valence-corrected chi connectivity index (χ4v) is 2.91. The van der Waals surface area contributed by atoms with Gasteiger partial charge in [0.25, 0.3) is 0 Å². The Kier molecular flexibility index (Phi) is 6.77. The second-order valence-electron chi connectivity index (χ2n) is 6.50. The highest BCUT2D eigenvalue weighted by atomic mass is 16.5. The predicted molar refractivity (Wildman–Crippen MR) is 91.4 cm³/mol. The molecule has 1 aliphatic rings. The molecule has 0 aromatic carbocycles. The lowest BCUT2D eigenvalue weighted by molar-refractivity contribution is -0.127. The third-order valence-corrected chi connectivity index (χ3v) is 4.96. The van der Waals surface area contributed by atoms with E-state index in [1.54, 1.807) is 13.3 Å². The molecule has 2 rings (SSSR count). The van der Waals surface area contributed by atoms with Crippen LogP contribution in [0.15, 0.2) is 12.4 Å². The smallest absolute Gasteiger partial charge is 0.226 e. The van der Waals surface area contributed by atoms with E-state index in [1.807, 2.05) is 24.7 Å². The zero-order valence-electron chi connectivity index (χ0n) is 15.0. The maximum Gasteiger partial charge on any atom is 0.226 e. The third kappa shape index (κ3) is 4.55. The van der Waals surface area contributed by atoms with Crippen molar-refractivity contribution in [2.75, 3.05) is 26.9 Å². The molecule has 136 valence electrons. The molecule has 0 spiro atoms. The molecule has 3 N–H and O–H groups in total. The molecule has 1 fully saturated rings. The number of hydrogen-bond acceptors (Lipinski definition) is 5. The number of nitrogens with one attached hydrogen (secondary N) is 1. The van der Waals surface area contributed by atoms with Crippen molar-refractivity contribution in [3.63, 3.8) is 0 Å². The largest absolute Gasteiger partial charge is 0.383 e. The number of rotatable bonds is 9. The van der Waals surface area contributed by atoms with Crippen molar-refractivity contribution < 1.29 is 14.3 Å². The number of carbonyl (C=O) groups excluding carboxylic acids is 1. The van der Waals surface area contributed by atoms with Crippen LogP contribution in [0.1, 0.15) is 44.8 Å². The molecule has 1 amide bonds. The minimum Gasteiger partial charge on any atom is -0.383 e. The number of carbonyl (C=O) groups is 1. The SMILES string of the molecule is CCC(N)(CC)CNC(=O)[C@H]1CCO[C@@H]1c1cnn(CCOC)c1. The molecular weight excluding hydrogens is 308 g/mol. The molecule has 1 aromatic rings. The monoisotopic (exact) mass is 338 g/mol. The van der Waals surface area contributed by atoms with Crippen molar-refractivity contribution in [3.05, 3.63) is 18.0 Å². The zero-order valence-corrected chi connectivity index (χ0v) is 15.0. The van der Waals surface area contributed by atoms with Crippen molar-refractivity contribution in [2.24, 2.45) is 11.7 Å². The molecule has 7 nitrogen and oxygen atoms in total. The highest BCUT2D eigenvalue weighted by molar-refractivity contribution is 5.79. The first-order chi connectivity index (χ1) is 11.5. The molecule has 2 heterocycles. The van der Waals surface area contributed by atoms with Gasteiger partial charge in [0.1, 0.15) is 0 Å². The standard InChI is InChI=1S/C17H30N4O3/c1-4-17(18,5-2)12-19-16(22)14-6-8-24-15(14)13-10-20-21(11-13)7-9-23-3/h10-11,14-15H,4-9,12,18H2,1-3H3,(H,19,22)/t14-,15+/m0/s1. The first-order valence-electron chi connectivity index (χ1n) is 8.72. The van der Waals surface area contributed by atoms with Gasteiger partial charge in [0, 0.05) is 37.6 Å². The van der Waals surface area contributed by atoms with Gasteiger partial charge in [0.2, 0.25) is 5.91 Å². The van der Waals surface area contributed by atoms with Gasteiger partial charge >= 0.3 is 0 Å². The number of methoxy groups -OCH3 is 1. The highest BCUT2D eigenvalue weighted by Crippen LogP contribution is 2.34. The molecule has 0 aliphatic carbocycles. The first kappa shape index (κ1) is 18.9. The summed E-state index contributed by atoms with van der Waals surface area (Å²) in [6.45, 7) is 6.46. The Hall–Kier alpha value is -1.44. The van der Waals surface area contributed by atoms with Crippen LogP contribution in [0.25, 0.3) is 0 Å². The van der Waals surface area contributed by atoms with E-state index in [9.17, 15) is 4.79 Å². The fourth-order valence-electron chi connectivity index (χ4n) is 2.91. The molecule has 1 aromatic heterocycles. The van der Waals surface area contributed by atoms with E-state index in [2.05, 4.69) is 10.4 Å². The van der Waals surface area contributed by atoms with Crippen LogP contribution in [0.5, 0.6) is 0 Å². The molecule has 1 saturated heterocycles. The van der Waals surface area contributed by atoms with Gasteiger partial charge in [-0.15, -0.1) is 0 Å². The average molecular weight is 338 g/mol. The van der Waals surface area contributed by atoms with Crippen molar-refractivity contribution in [1.29, 1.82) is 0 Å². The minimum absolute atomic E-state index is 0.0128. The molecule has 0 bridgehead atoms. The number of amides is 1. The van der Waals surface area contributed by atoms with Gasteiger partial charge in [-0.3, -0.25) is 9.48 Å². The number of hydrogen-bond donors (Lipinski definition) is 2. The van der Waals surface area contributed by atoms with Crippen LogP contribution >= 0.6 is 0 Å². The summed E-state index contributed by atoms with van der Waals surface area (Å²) in [4.78, 5) is 12.6. The molecule has 2 atom stereocenters. The van der Waals surface area contributed by atoms with E-state index in [-0.39, 0.29) is 23.5 Å². The number of aromatic nitrogens is 2. The van der Waals surface area contributed by atoms with E-state index in [0.717, 1.165) is 24.8 Å². The van der Waals surface area contributed by atoms with Gasteiger partial charge in [-0.1, -0.05) is 13.8 Å². The zero-order chi connectivity index (χ0) is 17.6. The summed E-state index contributed by atoms with van der Waals surface area (Å²) in [5.74, 6) is -0.179. The number of nitrogens with two attached hydrogens (primary N) is 1. The molecule has 1 aliphatic heterocycles. The van der Waals surface area contributed by atoms with Crippen LogP contribution < -0.4 is 11.1 Å². The minimum atomic E-state index is -0.338. The maximum absolute atomic E-state index is 12.6. The average Bonchev–Trinajstić information content (AvgIpc) is 3.26. The summed E-state index contributed by atoms with van der Waals surface area (Å²) in [5.41, 5.74) is 6.87.